The highest BCUT2D eigenvalue weighted by atomic mass is 16.7. The van der Waals surface area contributed by atoms with E-state index in [1.165, 1.54) is 0 Å². The fourth-order valence-electron chi connectivity index (χ4n) is 1.68. The molecule has 92 valence electrons. The highest BCUT2D eigenvalue weighted by Crippen LogP contribution is 2.33. The van der Waals surface area contributed by atoms with Crippen LogP contribution >= 0.6 is 0 Å². The van der Waals surface area contributed by atoms with Crippen LogP contribution in [0, 0.1) is 5.41 Å². The van der Waals surface area contributed by atoms with E-state index in [1.807, 2.05) is 13.8 Å². The molecule has 0 saturated heterocycles. The van der Waals surface area contributed by atoms with Crippen molar-refractivity contribution < 1.29 is 14.3 Å². The molecule has 0 amide bonds. The topological polar surface area (TPSA) is 61.6 Å². The number of carbonyl (C=O) groups is 1. The average Bonchev–Trinajstić information content (AvgIpc) is 2.75. The van der Waals surface area contributed by atoms with Crippen molar-refractivity contribution in [3.05, 3.63) is 23.8 Å². The Balaban J connectivity index is 2.15. The van der Waals surface area contributed by atoms with Crippen LogP contribution in [0.3, 0.4) is 0 Å². The summed E-state index contributed by atoms with van der Waals surface area (Å²) in [5.41, 5.74) is 6.10. The third-order valence-corrected chi connectivity index (χ3v) is 2.89. The summed E-state index contributed by atoms with van der Waals surface area (Å²) >= 11 is 0. The Bertz CT molecular complexity index is 440. The Morgan fingerprint density at radius 3 is 2.76 bits per heavy atom. The van der Waals surface area contributed by atoms with E-state index in [0.29, 0.717) is 30.0 Å². The molecule has 0 aromatic heterocycles. The summed E-state index contributed by atoms with van der Waals surface area (Å²) in [6, 6.07) is 5.27. The summed E-state index contributed by atoms with van der Waals surface area (Å²) in [7, 11) is 0. The first-order valence-corrected chi connectivity index (χ1v) is 5.65. The second-order valence-corrected chi connectivity index (χ2v) is 5.04. The van der Waals surface area contributed by atoms with Crippen LogP contribution in [0.4, 0.5) is 0 Å². The maximum absolute atomic E-state index is 12.1. The Morgan fingerprint density at radius 2 is 2.06 bits per heavy atom. The van der Waals surface area contributed by atoms with E-state index in [-0.39, 0.29) is 18.0 Å². The van der Waals surface area contributed by atoms with Crippen molar-refractivity contribution in [3.63, 3.8) is 0 Å². The van der Waals surface area contributed by atoms with E-state index in [4.69, 9.17) is 15.2 Å². The lowest BCUT2D eigenvalue weighted by Crippen LogP contribution is -2.26. The van der Waals surface area contributed by atoms with Gasteiger partial charge in [-0.3, -0.25) is 4.79 Å². The molecule has 0 fully saturated rings. The van der Waals surface area contributed by atoms with Crippen molar-refractivity contribution in [2.24, 2.45) is 11.1 Å². The maximum Gasteiger partial charge on any atom is 0.231 e. The minimum Gasteiger partial charge on any atom is -0.454 e. The van der Waals surface area contributed by atoms with E-state index >= 15 is 0 Å². The minimum atomic E-state index is -0.173. The fraction of sp³-hybridized carbons (Fsp3) is 0.462. The number of rotatable bonds is 4. The molecule has 0 bridgehead atoms. The van der Waals surface area contributed by atoms with Crippen LogP contribution in [-0.2, 0) is 0 Å². The monoisotopic (exact) mass is 235 g/mol. The van der Waals surface area contributed by atoms with Crippen LogP contribution in [0.15, 0.2) is 18.2 Å². The van der Waals surface area contributed by atoms with Crippen LogP contribution in [0.25, 0.3) is 0 Å². The largest absolute Gasteiger partial charge is 0.454 e. The summed E-state index contributed by atoms with van der Waals surface area (Å²) < 4.78 is 10.4. The van der Waals surface area contributed by atoms with E-state index in [2.05, 4.69) is 0 Å². The fourth-order valence-corrected chi connectivity index (χ4v) is 1.68. The number of hydrogen-bond acceptors (Lipinski definition) is 4. The molecule has 1 aliphatic rings. The van der Waals surface area contributed by atoms with Gasteiger partial charge in [0.05, 0.1) is 0 Å². The molecule has 0 unspecified atom stereocenters. The molecule has 2 rings (SSSR count). The van der Waals surface area contributed by atoms with Crippen molar-refractivity contribution in [3.8, 4) is 11.5 Å². The normalized spacial score (nSPS) is 13.8. The number of ketones is 1. The van der Waals surface area contributed by atoms with Crippen molar-refractivity contribution in [1.29, 1.82) is 0 Å². The number of hydrogen-bond donors (Lipinski definition) is 1. The summed E-state index contributed by atoms with van der Waals surface area (Å²) in [5.74, 6) is 1.42. The second kappa shape index (κ2) is 4.37. The minimum absolute atomic E-state index is 0.0822. The van der Waals surface area contributed by atoms with E-state index in [1.54, 1.807) is 18.2 Å². The first-order chi connectivity index (χ1) is 8.02. The molecule has 1 aromatic carbocycles. The van der Waals surface area contributed by atoms with E-state index < -0.39 is 0 Å². The molecule has 0 atom stereocenters. The van der Waals surface area contributed by atoms with Crippen LogP contribution in [0.5, 0.6) is 11.5 Å². The van der Waals surface area contributed by atoms with Gasteiger partial charge in [-0.15, -0.1) is 0 Å². The Morgan fingerprint density at radius 1 is 1.35 bits per heavy atom. The molecule has 0 radical (unpaired) electrons. The highest BCUT2D eigenvalue weighted by Gasteiger charge is 2.22. The van der Waals surface area contributed by atoms with Crippen molar-refractivity contribution in [2.75, 3.05) is 13.3 Å². The Kier molecular flexibility index (Phi) is 3.07. The quantitative estimate of drug-likeness (QED) is 0.810. The lowest BCUT2D eigenvalue weighted by molar-refractivity contribution is 0.0934. The third kappa shape index (κ3) is 2.58. The zero-order valence-electron chi connectivity index (χ0n) is 10.2. The zero-order valence-corrected chi connectivity index (χ0v) is 10.2. The van der Waals surface area contributed by atoms with Crippen LogP contribution in [0.1, 0.15) is 30.6 Å². The lowest BCUT2D eigenvalue weighted by Gasteiger charge is -2.21. The summed E-state index contributed by atoms with van der Waals surface area (Å²) in [6.07, 6.45) is 0.434. The second-order valence-electron chi connectivity index (χ2n) is 5.04. The Labute approximate surface area is 101 Å². The van der Waals surface area contributed by atoms with Gasteiger partial charge in [0, 0.05) is 12.0 Å². The van der Waals surface area contributed by atoms with Crippen molar-refractivity contribution >= 4 is 5.78 Å². The average molecular weight is 235 g/mol. The smallest absolute Gasteiger partial charge is 0.231 e. The van der Waals surface area contributed by atoms with Gasteiger partial charge in [0.1, 0.15) is 0 Å². The number of Topliss-reactive ketones (excluding diaryl/α,β-unsaturated/α-hetero) is 1. The molecule has 0 spiro atoms. The van der Waals surface area contributed by atoms with Gasteiger partial charge in [0.15, 0.2) is 17.3 Å². The molecule has 4 nitrogen and oxygen atoms in total. The molecule has 0 aliphatic carbocycles. The molecule has 17 heavy (non-hydrogen) atoms. The van der Waals surface area contributed by atoms with Gasteiger partial charge in [0.25, 0.3) is 0 Å². The van der Waals surface area contributed by atoms with Gasteiger partial charge in [0.2, 0.25) is 6.79 Å². The van der Waals surface area contributed by atoms with Crippen molar-refractivity contribution in [2.45, 2.75) is 20.3 Å². The van der Waals surface area contributed by atoms with Gasteiger partial charge in [-0.05, 0) is 30.2 Å². The van der Waals surface area contributed by atoms with Gasteiger partial charge >= 0.3 is 0 Å². The predicted octanol–water partition coefficient (Wildman–Crippen LogP) is 1.97. The van der Waals surface area contributed by atoms with Crippen LogP contribution in [-0.4, -0.2) is 19.1 Å². The third-order valence-electron chi connectivity index (χ3n) is 2.89. The number of nitrogens with two attached hydrogens (primary N) is 1. The van der Waals surface area contributed by atoms with Crippen molar-refractivity contribution in [1.82, 2.24) is 0 Å². The summed E-state index contributed by atoms with van der Waals surface area (Å²) in [5, 5.41) is 0. The zero-order chi connectivity index (χ0) is 12.5. The first kappa shape index (κ1) is 11.9. The standard InChI is InChI=1S/C13H17NO3/c1-13(2,7-14)6-10(15)9-3-4-11-12(5-9)17-8-16-11/h3-5H,6-8,14H2,1-2H3. The molecular weight excluding hydrogens is 218 g/mol. The molecule has 1 heterocycles. The van der Waals surface area contributed by atoms with E-state index in [0.717, 1.165) is 0 Å². The first-order valence-electron chi connectivity index (χ1n) is 5.65. The van der Waals surface area contributed by atoms with Crippen LogP contribution < -0.4 is 15.2 Å². The SMILES string of the molecule is CC(C)(CN)CC(=O)c1ccc2c(c1)OCO2. The molecule has 0 saturated carbocycles. The van der Waals surface area contributed by atoms with Gasteiger partial charge < -0.3 is 15.2 Å². The van der Waals surface area contributed by atoms with Gasteiger partial charge in [-0.1, -0.05) is 13.8 Å². The number of benzene rings is 1. The highest BCUT2D eigenvalue weighted by molar-refractivity contribution is 5.97. The van der Waals surface area contributed by atoms with Gasteiger partial charge in [-0.2, -0.15) is 0 Å². The predicted molar refractivity (Wildman–Crippen MR) is 64.3 cm³/mol. The maximum atomic E-state index is 12.1. The van der Waals surface area contributed by atoms with Crippen LogP contribution in [0.2, 0.25) is 0 Å². The number of fused-ring (bicyclic) bond motifs is 1. The summed E-state index contributed by atoms with van der Waals surface area (Å²) in [6.45, 7) is 4.68. The molecular formula is C13H17NO3. The Hall–Kier alpha value is -1.55. The molecule has 1 aromatic rings. The number of carbonyl (C=O) groups excluding carboxylic acids is 1. The molecule has 1 aliphatic heterocycles. The lowest BCUT2D eigenvalue weighted by atomic mass is 9.86. The molecule has 2 N–H and O–H groups in total. The summed E-state index contributed by atoms with van der Waals surface area (Å²) in [4.78, 5) is 12.1. The number of ether oxygens (including phenoxy) is 2. The van der Waals surface area contributed by atoms with Gasteiger partial charge in [-0.25, -0.2) is 0 Å². The molecule has 4 heteroatoms. The van der Waals surface area contributed by atoms with E-state index in [9.17, 15) is 4.79 Å².